The first-order chi connectivity index (χ1) is 11.6. The van der Waals surface area contributed by atoms with Crippen molar-refractivity contribution in [3.05, 3.63) is 72.5 Å². The predicted molar refractivity (Wildman–Crippen MR) is 90.9 cm³/mol. The molecule has 1 N–H and O–H groups in total. The Kier molecular flexibility index (Phi) is 4.43. The molecule has 0 atom stereocenters. The third-order valence-electron chi connectivity index (χ3n) is 3.32. The van der Waals surface area contributed by atoms with Gasteiger partial charge in [-0.15, -0.1) is 0 Å². The number of benzene rings is 2. The van der Waals surface area contributed by atoms with Crippen LogP contribution in [0.15, 0.2) is 81.3 Å². The summed E-state index contributed by atoms with van der Waals surface area (Å²) in [5, 5.41) is 7.87. The van der Waals surface area contributed by atoms with Crippen molar-refractivity contribution >= 4 is 15.7 Å². The molecule has 2 aromatic carbocycles. The average Bonchev–Trinajstić information content (AvgIpc) is 3.11. The summed E-state index contributed by atoms with van der Waals surface area (Å²) in [5.41, 5.74) is 1.94. The first-order valence-corrected chi connectivity index (χ1v) is 8.68. The Bertz CT molecular complexity index is 949. The Morgan fingerprint density at radius 1 is 1.04 bits per heavy atom. The number of hydrogen-bond acceptors (Lipinski definition) is 5. The first kappa shape index (κ1) is 15.9. The van der Waals surface area contributed by atoms with Crippen LogP contribution >= 0.6 is 0 Å². The van der Waals surface area contributed by atoms with Gasteiger partial charge in [0.1, 0.15) is 11.4 Å². The fourth-order valence-corrected chi connectivity index (χ4v) is 2.90. The molecular formula is C17H15N3O3S. The van der Waals surface area contributed by atoms with E-state index in [1.54, 1.807) is 31.2 Å². The molecule has 3 aromatic rings. The summed E-state index contributed by atoms with van der Waals surface area (Å²) >= 11 is 0. The summed E-state index contributed by atoms with van der Waals surface area (Å²) in [4.78, 5) is 2.34. The molecule has 0 spiro atoms. The second-order valence-electron chi connectivity index (χ2n) is 5.05. The van der Waals surface area contributed by atoms with Crippen molar-refractivity contribution in [2.24, 2.45) is 5.10 Å². The molecule has 0 saturated heterocycles. The minimum atomic E-state index is -3.71. The van der Waals surface area contributed by atoms with Gasteiger partial charge in [0.15, 0.2) is 5.76 Å². The van der Waals surface area contributed by atoms with E-state index in [9.17, 15) is 8.42 Å². The van der Waals surface area contributed by atoms with Gasteiger partial charge in [-0.2, -0.15) is 18.4 Å². The zero-order valence-electron chi connectivity index (χ0n) is 12.9. The van der Waals surface area contributed by atoms with Crippen molar-refractivity contribution < 1.29 is 12.9 Å². The normalized spacial score (nSPS) is 12.1. The summed E-state index contributed by atoms with van der Waals surface area (Å²) in [7, 11) is -3.71. The van der Waals surface area contributed by atoms with Crippen molar-refractivity contribution in [1.29, 1.82) is 0 Å². The third kappa shape index (κ3) is 3.52. The Morgan fingerprint density at radius 2 is 1.67 bits per heavy atom. The molecule has 24 heavy (non-hydrogen) atoms. The SMILES string of the molecule is C/C(=N\NS(=O)(=O)c1ccccc1)c1cc(-c2ccccc2)no1. The van der Waals surface area contributed by atoms with Crippen LogP contribution in [-0.2, 0) is 10.0 Å². The van der Waals surface area contributed by atoms with E-state index in [1.165, 1.54) is 12.1 Å². The van der Waals surface area contributed by atoms with Crippen LogP contribution in [0.2, 0.25) is 0 Å². The molecule has 0 bridgehead atoms. The fraction of sp³-hybridized carbons (Fsp3) is 0.0588. The van der Waals surface area contributed by atoms with Crippen LogP contribution in [-0.4, -0.2) is 19.3 Å². The van der Waals surface area contributed by atoms with Gasteiger partial charge in [0, 0.05) is 11.6 Å². The summed E-state index contributed by atoms with van der Waals surface area (Å²) < 4.78 is 29.5. The van der Waals surface area contributed by atoms with Gasteiger partial charge < -0.3 is 4.52 Å². The molecule has 6 nitrogen and oxygen atoms in total. The Balaban J connectivity index is 1.79. The van der Waals surface area contributed by atoms with E-state index < -0.39 is 10.0 Å². The molecule has 0 aliphatic rings. The van der Waals surface area contributed by atoms with Crippen LogP contribution < -0.4 is 4.83 Å². The number of hydrazone groups is 1. The first-order valence-electron chi connectivity index (χ1n) is 7.20. The van der Waals surface area contributed by atoms with Crippen LogP contribution in [0.4, 0.5) is 0 Å². The number of rotatable bonds is 5. The summed E-state index contributed by atoms with van der Waals surface area (Å²) in [6.45, 7) is 1.64. The highest BCUT2D eigenvalue weighted by molar-refractivity contribution is 7.89. The lowest BCUT2D eigenvalue weighted by molar-refractivity contribution is 0.415. The highest BCUT2D eigenvalue weighted by Gasteiger charge is 2.13. The molecule has 0 unspecified atom stereocenters. The maximum absolute atomic E-state index is 12.1. The molecule has 0 radical (unpaired) electrons. The predicted octanol–water partition coefficient (Wildman–Crippen LogP) is 3.04. The molecule has 1 heterocycles. The second kappa shape index (κ2) is 6.67. The van der Waals surface area contributed by atoms with E-state index in [2.05, 4.69) is 15.1 Å². The minimum absolute atomic E-state index is 0.143. The molecule has 0 fully saturated rings. The van der Waals surface area contributed by atoms with Crippen LogP contribution in [0.5, 0.6) is 0 Å². The second-order valence-corrected chi connectivity index (χ2v) is 6.71. The number of sulfonamides is 1. The zero-order valence-corrected chi connectivity index (χ0v) is 13.7. The number of nitrogens with one attached hydrogen (secondary N) is 1. The minimum Gasteiger partial charge on any atom is -0.354 e. The molecule has 0 aliphatic carbocycles. The van der Waals surface area contributed by atoms with Crippen LogP contribution in [0, 0.1) is 0 Å². The van der Waals surface area contributed by atoms with E-state index in [4.69, 9.17) is 4.52 Å². The monoisotopic (exact) mass is 341 g/mol. The average molecular weight is 341 g/mol. The largest absolute Gasteiger partial charge is 0.354 e. The van der Waals surface area contributed by atoms with Gasteiger partial charge in [-0.05, 0) is 19.1 Å². The van der Waals surface area contributed by atoms with E-state index in [0.29, 0.717) is 17.2 Å². The Morgan fingerprint density at radius 3 is 2.33 bits per heavy atom. The molecule has 122 valence electrons. The number of hydrogen-bond donors (Lipinski definition) is 1. The van der Waals surface area contributed by atoms with Gasteiger partial charge in [0.25, 0.3) is 10.0 Å². The zero-order chi connectivity index (χ0) is 17.0. The van der Waals surface area contributed by atoms with E-state index in [-0.39, 0.29) is 4.90 Å². The Labute approximate surface area is 139 Å². The highest BCUT2D eigenvalue weighted by Crippen LogP contribution is 2.19. The van der Waals surface area contributed by atoms with E-state index >= 15 is 0 Å². The molecule has 7 heteroatoms. The lowest BCUT2D eigenvalue weighted by atomic mass is 10.1. The smallest absolute Gasteiger partial charge is 0.276 e. The number of nitrogens with zero attached hydrogens (tertiary/aromatic N) is 2. The molecule has 1 aromatic heterocycles. The number of aromatic nitrogens is 1. The van der Waals surface area contributed by atoms with Gasteiger partial charge in [-0.1, -0.05) is 53.7 Å². The third-order valence-corrected chi connectivity index (χ3v) is 4.55. The molecule has 3 rings (SSSR count). The lowest BCUT2D eigenvalue weighted by Gasteiger charge is -2.03. The topological polar surface area (TPSA) is 84.6 Å². The van der Waals surface area contributed by atoms with Crippen molar-refractivity contribution in [2.45, 2.75) is 11.8 Å². The van der Waals surface area contributed by atoms with Crippen molar-refractivity contribution in [2.75, 3.05) is 0 Å². The van der Waals surface area contributed by atoms with Gasteiger partial charge in [0.05, 0.1) is 4.90 Å². The standard InChI is InChI=1S/C17H15N3O3S/c1-13(18-20-24(21,22)15-10-6-3-7-11-15)17-12-16(19-23-17)14-8-4-2-5-9-14/h2-12,20H,1H3/b18-13+. The summed E-state index contributed by atoms with van der Waals surface area (Å²) in [5.74, 6) is 0.393. The van der Waals surface area contributed by atoms with Gasteiger partial charge in [-0.3, -0.25) is 0 Å². The van der Waals surface area contributed by atoms with E-state index in [0.717, 1.165) is 5.56 Å². The fourth-order valence-electron chi connectivity index (χ4n) is 2.03. The highest BCUT2D eigenvalue weighted by atomic mass is 32.2. The quantitative estimate of drug-likeness (QED) is 0.571. The maximum Gasteiger partial charge on any atom is 0.276 e. The van der Waals surface area contributed by atoms with Crippen LogP contribution in [0.25, 0.3) is 11.3 Å². The molecule has 0 saturated carbocycles. The van der Waals surface area contributed by atoms with Crippen LogP contribution in [0.1, 0.15) is 12.7 Å². The van der Waals surface area contributed by atoms with Gasteiger partial charge in [0.2, 0.25) is 0 Å². The van der Waals surface area contributed by atoms with Gasteiger partial charge in [-0.25, -0.2) is 0 Å². The lowest BCUT2D eigenvalue weighted by Crippen LogP contribution is -2.19. The van der Waals surface area contributed by atoms with Crippen molar-refractivity contribution in [3.8, 4) is 11.3 Å². The van der Waals surface area contributed by atoms with Crippen LogP contribution in [0.3, 0.4) is 0 Å². The Hall–Kier alpha value is -2.93. The van der Waals surface area contributed by atoms with Crippen molar-refractivity contribution in [1.82, 2.24) is 9.99 Å². The van der Waals surface area contributed by atoms with E-state index in [1.807, 2.05) is 30.3 Å². The maximum atomic E-state index is 12.1. The summed E-state index contributed by atoms with van der Waals surface area (Å²) in [6, 6.07) is 19.3. The molecular weight excluding hydrogens is 326 g/mol. The molecule has 0 aliphatic heterocycles. The molecule has 0 amide bonds. The van der Waals surface area contributed by atoms with Gasteiger partial charge >= 0.3 is 0 Å². The van der Waals surface area contributed by atoms with Crippen molar-refractivity contribution in [3.63, 3.8) is 0 Å². The summed E-state index contributed by atoms with van der Waals surface area (Å²) in [6.07, 6.45) is 0.